The number of rotatable bonds is 1. The van der Waals surface area contributed by atoms with Crippen LogP contribution in [0.15, 0.2) is 36.1 Å². The summed E-state index contributed by atoms with van der Waals surface area (Å²) in [6.45, 7) is 8.38. The quantitative estimate of drug-likeness (QED) is 0.738. The molecule has 0 N–H and O–H groups in total. The van der Waals surface area contributed by atoms with E-state index in [-0.39, 0.29) is 24.2 Å². The highest BCUT2D eigenvalue weighted by atomic mass is 16.8. The van der Waals surface area contributed by atoms with Gasteiger partial charge in [-0.05, 0) is 39.8 Å². The van der Waals surface area contributed by atoms with E-state index >= 15 is 0 Å². The lowest BCUT2D eigenvalue weighted by Gasteiger charge is -2.38. The molecule has 0 spiro atoms. The summed E-state index contributed by atoms with van der Waals surface area (Å²) in [6.07, 6.45) is 0.765. The molecule has 0 unspecified atom stereocenters. The summed E-state index contributed by atoms with van der Waals surface area (Å²) in [5, 5.41) is 4.79. The van der Waals surface area contributed by atoms with E-state index in [1.807, 2.05) is 25.5 Å². The lowest BCUT2D eigenvalue weighted by molar-refractivity contribution is -0.223. The zero-order valence-corrected chi connectivity index (χ0v) is 16.9. The van der Waals surface area contributed by atoms with E-state index < -0.39 is 12.1 Å². The van der Waals surface area contributed by atoms with Crippen molar-refractivity contribution in [2.24, 2.45) is 0 Å². The zero-order chi connectivity index (χ0) is 19.9. The van der Waals surface area contributed by atoms with Crippen molar-refractivity contribution in [3.05, 3.63) is 52.9 Å². The Balaban J connectivity index is 1.40. The first-order valence-corrected chi connectivity index (χ1v) is 10.1. The Morgan fingerprint density at radius 1 is 1.03 bits per heavy atom. The second-order valence-electron chi connectivity index (χ2n) is 8.68. The van der Waals surface area contributed by atoms with Crippen molar-refractivity contribution in [1.82, 2.24) is 9.78 Å². The molecule has 1 aromatic carbocycles. The van der Waals surface area contributed by atoms with Crippen LogP contribution in [0.4, 0.5) is 0 Å². The number of aromatic nitrogens is 2. The van der Waals surface area contributed by atoms with Crippen molar-refractivity contribution in [3.63, 3.8) is 0 Å². The van der Waals surface area contributed by atoms with Crippen LogP contribution in [0, 0.1) is 13.8 Å². The molecule has 0 bridgehead atoms. The summed E-state index contributed by atoms with van der Waals surface area (Å²) in [4.78, 5) is 0. The van der Waals surface area contributed by atoms with Crippen LogP contribution in [-0.4, -0.2) is 46.8 Å². The van der Waals surface area contributed by atoms with E-state index in [0.29, 0.717) is 6.61 Å². The average Bonchev–Trinajstić information content (AvgIpc) is 3.29. The van der Waals surface area contributed by atoms with Gasteiger partial charge < -0.3 is 23.7 Å². The van der Waals surface area contributed by atoms with Crippen LogP contribution in [0.25, 0.3) is 5.69 Å². The molecular weight excluding hydrogens is 372 g/mol. The minimum Gasteiger partial charge on any atom is -0.446 e. The molecule has 5 heterocycles. The van der Waals surface area contributed by atoms with E-state index in [9.17, 15) is 0 Å². The molecule has 3 fully saturated rings. The summed E-state index contributed by atoms with van der Waals surface area (Å²) in [5.41, 5.74) is 5.22. The molecule has 7 nitrogen and oxygen atoms in total. The lowest BCUT2D eigenvalue weighted by atomic mass is 9.81. The van der Waals surface area contributed by atoms with Gasteiger partial charge in [-0.3, -0.25) is 0 Å². The third-order valence-corrected chi connectivity index (χ3v) is 6.17. The second-order valence-corrected chi connectivity index (χ2v) is 8.68. The predicted octanol–water partition coefficient (Wildman–Crippen LogP) is 3.12. The third-order valence-electron chi connectivity index (χ3n) is 6.17. The molecule has 29 heavy (non-hydrogen) atoms. The number of ether oxygens (including phenoxy) is 5. The average molecular weight is 396 g/mol. The number of hydrogen-bond donors (Lipinski definition) is 0. The molecule has 0 aliphatic carbocycles. The summed E-state index contributed by atoms with van der Waals surface area (Å²) < 4.78 is 32.4. The Bertz CT molecular complexity index is 1010. The summed E-state index contributed by atoms with van der Waals surface area (Å²) in [5.74, 6) is 0.0912. The van der Waals surface area contributed by atoms with Gasteiger partial charge in [-0.25, -0.2) is 4.68 Å². The minimum absolute atomic E-state index is 0.0117. The number of aryl methyl sites for hydroxylation is 2. The topological polar surface area (TPSA) is 64.0 Å². The van der Waals surface area contributed by atoms with Crippen LogP contribution in [-0.2, 0) is 18.9 Å². The molecule has 0 radical (unpaired) electrons. The maximum absolute atomic E-state index is 6.33. The molecule has 6 rings (SSSR count). The molecule has 152 valence electrons. The number of fused-ring (bicyclic) bond motifs is 7. The highest BCUT2D eigenvalue weighted by Gasteiger charge is 2.60. The van der Waals surface area contributed by atoms with E-state index in [1.165, 1.54) is 5.56 Å². The van der Waals surface area contributed by atoms with Gasteiger partial charge >= 0.3 is 0 Å². The standard InChI is InChI=1S/C22H24N2O5/c1-11-5-7-14(8-6-11)24-20-15(12(2)23-24)16-13(10-26-20)9-25-18-17(16)27-21-19(18)28-22(3,4)29-21/h5-8,10,16-19,21H,9H2,1-4H3/t16-,17-,18+,19-,21-/m1/s1. The van der Waals surface area contributed by atoms with Crippen LogP contribution in [0.5, 0.6) is 5.88 Å². The van der Waals surface area contributed by atoms with Gasteiger partial charge in [0.25, 0.3) is 0 Å². The Morgan fingerprint density at radius 2 is 1.83 bits per heavy atom. The Hall–Kier alpha value is -2.19. The molecular formula is C22H24N2O5. The molecule has 3 saturated heterocycles. The van der Waals surface area contributed by atoms with Crippen molar-refractivity contribution >= 4 is 0 Å². The minimum atomic E-state index is -0.660. The zero-order valence-electron chi connectivity index (χ0n) is 16.9. The molecule has 2 aromatic rings. The van der Waals surface area contributed by atoms with E-state index in [1.54, 1.807) is 6.26 Å². The van der Waals surface area contributed by atoms with Gasteiger partial charge in [0, 0.05) is 17.1 Å². The van der Waals surface area contributed by atoms with Crippen LogP contribution in [0.1, 0.15) is 36.6 Å². The molecule has 1 aromatic heterocycles. The molecule has 0 amide bonds. The van der Waals surface area contributed by atoms with Crippen LogP contribution in [0.3, 0.4) is 0 Å². The largest absolute Gasteiger partial charge is 0.446 e. The van der Waals surface area contributed by atoms with Gasteiger partial charge in [0.15, 0.2) is 12.1 Å². The van der Waals surface area contributed by atoms with Gasteiger partial charge in [-0.1, -0.05) is 17.7 Å². The number of benzene rings is 1. The lowest BCUT2D eigenvalue weighted by Crippen LogP contribution is -2.45. The van der Waals surface area contributed by atoms with Crippen molar-refractivity contribution < 1.29 is 23.7 Å². The summed E-state index contributed by atoms with van der Waals surface area (Å²) in [6, 6.07) is 8.26. The normalized spacial score (nSPS) is 33.9. The van der Waals surface area contributed by atoms with Crippen molar-refractivity contribution in [2.45, 2.75) is 64.0 Å². The van der Waals surface area contributed by atoms with Gasteiger partial charge in [0.2, 0.25) is 5.88 Å². The van der Waals surface area contributed by atoms with Crippen LogP contribution in [0.2, 0.25) is 0 Å². The monoisotopic (exact) mass is 396 g/mol. The van der Waals surface area contributed by atoms with Gasteiger partial charge in [0.05, 0.1) is 24.3 Å². The Morgan fingerprint density at radius 3 is 2.62 bits per heavy atom. The SMILES string of the molecule is Cc1ccc(-n2nc(C)c3c2OC=C2CO[C@@H]4[C@H]5OC(C)(C)O[C@H]5O[C@@H]4[C@H]23)cc1. The number of hydrogen-bond acceptors (Lipinski definition) is 6. The fourth-order valence-electron chi connectivity index (χ4n) is 4.89. The van der Waals surface area contributed by atoms with Gasteiger partial charge in [0.1, 0.15) is 18.3 Å². The summed E-state index contributed by atoms with van der Waals surface area (Å²) >= 11 is 0. The highest BCUT2D eigenvalue weighted by molar-refractivity contribution is 5.50. The molecule has 0 saturated carbocycles. The smallest absolute Gasteiger partial charge is 0.225 e. The number of nitrogens with zero attached hydrogens (tertiary/aromatic N) is 2. The molecule has 7 heteroatoms. The second kappa shape index (κ2) is 5.92. The van der Waals surface area contributed by atoms with E-state index in [4.69, 9.17) is 28.8 Å². The van der Waals surface area contributed by atoms with Crippen molar-refractivity contribution in [2.75, 3.05) is 6.61 Å². The maximum Gasteiger partial charge on any atom is 0.225 e. The fourth-order valence-corrected chi connectivity index (χ4v) is 4.89. The fraction of sp³-hybridized carbons (Fsp3) is 0.500. The van der Waals surface area contributed by atoms with Crippen molar-refractivity contribution in [1.29, 1.82) is 0 Å². The highest BCUT2D eigenvalue weighted by Crippen LogP contribution is 2.51. The Kier molecular flexibility index (Phi) is 3.60. The molecule has 4 aliphatic rings. The van der Waals surface area contributed by atoms with Gasteiger partial charge in [-0.2, -0.15) is 5.10 Å². The molecule has 5 atom stereocenters. The first-order valence-electron chi connectivity index (χ1n) is 10.1. The first-order chi connectivity index (χ1) is 13.9. The van der Waals surface area contributed by atoms with Gasteiger partial charge in [-0.15, -0.1) is 0 Å². The van der Waals surface area contributed by atoms with Crippen LogP contribution >= 0.6 is 0 Å². The van der Waals surface area contributed by atoms with Crippen LogP contribution < -0.4 is 4.74 Å². The maximum atomic E-state index is 6.33. The van der Waals surface area contributed by atoms with Crippen molar-refractivity contribution in [3.8, 4) is 11.6 Å². The Labute approximate surface area is 169 Å². The predicted molar refractivity (Wildman–Crippen MR) is 103 cm³/mol. The summed E-state index contributed by atoms with van der Waals surface area (Å²) in [7, 11) is 0. The first kappa shape index (κ1) is 17.7. The molecule has 4 aliphatic heterocycles. The van der Waals surface area contributed by atoms with E-state index in [2.05, 4.69) is 31.2 Å². The van der Waals surface area contributed by atoms with E-state index in [0.717, 1.165) is 28.4 Å². The third kappa shape index (κ3) is 2.55.